The minimum absolute atomic E-state index is 0.0897. The van der Waals surface area contributed by atoms with Gasteiger partial charge in [-0.1, -0.05) is 109 Å². The molecule has 10 rings (SSSR count). The number of halogens is 1. The van der Waals surface area contributed by atoms with Crippen molar-refractivity contribution in [3.05, 3.63) is 191 Å². The molecular weight excluding hydrogens is 696 g/mol. The van der Waals surface area contributed by atoms with Gasteiger partial charge in [-0.15, -0.1) is 10.2 Å². The smallest absolute Gasteiger partial charge is 0.247 e. The van der Waals surface area contributed by atoms with Crippen molar-refractivity contribution >= 4 is 10.9 Å². The fourth-order valence-electron chi connectivity index (χ4n) is 9.45. The summed E-state index contributed by atoms with van der Waals surface area (Å²) in [5.74, 6) is 1.07. The second kappa shape index (κ2) is 14.1. The molecule has 2 bridgehead atoms. The first-order chi connectivity index (χ1) is 27.6. The molecule has 5 aromatic carbocycles. The topological polar surface area (TPSA) is 72.9 Å². The Kier molecular flexibility index (Phi) is 8.63. The maximum Gasteiger partial charge on any atom is 0.247 e. The molecule has 0 spiro atoms. The predicted octanol–water partition coefficient (Wildman–Crippen LogP) is 10.3. The molecule has 0 saturated carbocycles. The molecule has 7 nitrogen and oxygen atoms in total. The summed E-state index contributed by atoms with van der Waals surface area (Å²) in [6, 6.07) is 50.1. The summed E-state index contributed by atoms with van der Waals surface area (Å²) in [5.41, 5.74) is 7.72. The van der Waals surface area contributed by atoms with E-state index in [4.69, 9.17) is 9.52 Å². The third-order valence-electron chi connectivity index (χ3n) is 12.0. The Morgan fingerprint density at radius 2 is 1.36 bits per heavy atom. The second-order valence-corrected chi connectivity index (χ2v) is 15.2. The van der Waals surface area contributed by atoms with Crippen LogP contribution in [0.4, 0.5) is 4.39 Å². The lowest BCUT2D eigenvalue weighted by atomic mass is 9.77. The first-order valence-corrected chi connectivity index (χ1v) is 19.5. The molecule has 2 aliphatic heterocycles. The monoisotopic (exact) mass is 736 g/mol. The number of aryl methyl sites for hydroxylation is 1. The van der Waals surface area contributed by atoms with Gasteiger partial charge in [0.25, 0.3) is 0 Å². The van der Waals surface area contributed by atoms with Crippen LogP contribution in [0.25, 0.3) is 33.6 Å². The van der Waals surface area contributed by atoms with Gasteiger partial charge in [0.05, 0.1) is 11.4 Å². The highest BCUT2D eigenvalue weighted by Crippen LogP contribution is 2.47. The van der Waals surface area contributed by atoms with Crippen molar-refractivity contribution in [3.63, 3.8) is 0 Å². The van der Waals surface area contributed by atoms with Gasteiger partial charge in [-0.05, 0) is 85.7 Å². The van der Waals surface area contributed by atoms with Gasteiger partial charge in [0.2, 0.25) is 11.8 Å². The van der Waals surface area contributed by atoms with E-state index in [1.54, 1.807) is 12.1 Å². The molecule has 56 heavy (non-hydrogen) atoms. The van der Waals surface area contributed by atoms with E-state index in [1.165, 1.54) is 0 Å². The lowest BCUT2D eigenvalue weighted by Crippen LogP contribution is -2.43. The average Bonchev–Trinajstić information content (AvgIpc) is 3.95. The Bertz CT molecular complexity index is 2540. The molecule has 3 aromatic heterocycles. The number of benzene rings is 5. The number of fused-ring (bicyclic) bond motifs is 3. The molecule has 3 unspecified atom stereocenters. The second-order valence-electron chi connectivity index (χ2n) is 15.2. The van der Waals surface area contributed by atoms with E-state index in [2.05, 4.69) is 140 Å². The van der Waals surface area contributed by atoms with Crippen molar-refractivity contribution < 1.29 is 8.81 Å². The molecule has 3 atom stereocenters. The maximum atomic E-state index is 14.7. The summed E-state index contributed by atoms with van der Waals surface area (Å²) < 4.78 is 23.6. The van der Waals surface area contributed by atoms with Gasteiger partial charge in [-0.2, -0.15) is 5.10 Å². The van der Waals surface area contributed by atoms with Crippen molar-refractivity contribution in [1.82, 2.24) is 29.9 Å². The largest absolute Gasteiger partial charge is 0.420 e. The van der Waals surface area contributed by atoms with E-state index < -0.39 is 5.54 Å². The predicted molar refractivity (Wildman–Crippen MR) is 216 cm³/mol. The van der Waals surface area contributed by atoms with Gasteiger partial charge in [0.1, 0.15) is 17.1 Å². The van der Waals surface area contributed by atoms with Crippen LogP contribution in [0, 0.1) is 12.7 Å². The summed E-state index contributed by atoms with van der Waals surface area (Å²) in [5, 5.41) is 15.9. The molecule has 2 aliphatic rings. The number of rotatable bonds is 9. The first-order valence-electron chi connectivity index (χ1n) is 19.5. The van der Waals surface area contributed by atoms with E-state index in [1.807, 2.05) is 31.3 Å². The van der Waals surface area contributed by atoms with Crippen LogP contribution in [0.15, 0.2) is 156 Å². The molecule has 0 amide bonds. The summed E-state index contributed by atoms with van der Waals surface area (Å²) in [6.45, 7) is 2.60. The lowest BCUT2D eigenvalue weighted by Gasteiger charge is -2.38. The third kappa shape index (κ3) is 5.75. The maximum absolute atomic E-state index is 14.7. The molecule has 8 heteroatoms. The number of aromatic nitrogens is 5. The fourth-order valence-corrected chi connectivity index (χ4v) is 9.45. The van der Waals surface area contributed by atoms with Gasteiger partial charge >= 0.3 is 0 Å². The number of piperidine rings is 1. The van der Waals surface area contributed by atoms with Crippen LogP contribution in [0.5, 0.6) is 0 Å². The normalized spacial score (nSPS) is 18.4. The highest BCUT2D eigenvalue weighted by molar-refractivity contribution is 5.96. The van der Waals surface area contributed by atoms with Crippen LogP contribution in [0.1, 0.15) is 65.4 Å². The van der Waals surface area contributed by atoms with Crippen LogP contribution in [0.3, 0.4) is 0 Å². The van der Waals surface area contributed by atoms with Crippen LogP contribution in [-0.2, 0) is 12.1 Å². The summed E-state index contributed by atoms with van der Waals surface area (Å²) in [6.07, 6.45) is 5.98. The molecule has 0 aliphatic carbocycles. The van der Waals surface area contributed by atoms with E-state index >= 15 is 0 Å². The van der Waals surface area contributed by atoms with Gasteiger partial charge in [-0.3, -0.25) is 9.88 Å². The Morgan fingerprint density at radius 3 is 2.04 bits per heavy atom. The average molecular weight is 737 g/mol. The zero-order valence-electron chi connectivity index (χ0n) is 31.2. The molecule has 2 saturated heterocycles. The van der Waals surface area contributed by atoms with Crippen molar-refractivity contribution in [2.24, 2.45) is 0 Å². The number of hydrogen-bond donors (Lipinski definition) is 0. The summed E-state index contributed by atoms with van der Waals surface area (Å²) in [7, 11) is 0. The Hall–Kier alpha value is -6.25. The van der Waals surface area contributed by atoms with E-state index in [9.17, 15) is 4.39 Å². The Morgan fingerprint density at radius 1 is 0.696 bits per heavy atom. The quantitative estimate of drug-likeness (QED) is 0.137. The van der Waals surface area contributed by atoms with Crippen molar-refractivity contribution in [2.75, 3.05) is 0 Å². The van der Waals surface area contributed by atoms with Crippen molar-refractivity contribution in [3.8, 4) is 22.7 Å². The first kappa shape index (κ1) is 34.3. The number of nitrogens with zero attached hydrogens (tertiary/aromatic N) is 6. The molecule has 2 fully saturated rings. The third-order valence-corrected chi connectivity index (χ3v) is 12.0. The van der Waals surface area contributed by atoms with Crippen molar-refractivity contribution in [1.29, 1.82) is 0 Å². The SMILES string of the molecule is Cc1cc(-c2nn(C(c3ccccc3)(c3ccccc3)c3ccccc3)c3ccc(-c4nnc(C5CCC6CCC5N6Cc5ccccc5F)o4)cc23)ccn1. The molecular formula is C48H41FN6O. The minimum atomic E-state index is -0.809. The number of pyridine rings is 1. The molecule has 0 radical (unpaired) electrons. The molecule has 8 aromatic rings. The summed E-state index contributed by atoms with van der Waals surface area (Å²) in [4.78, 5) is 6.99. The highest BCUT2D eigenvalue weighted by atomic mass is 19.1. The number of hydrogen-bond acceptors (Lipinski definition) is 6. The highest BCUT2D eigenvalue weighted by Gasteiger charge is 2.45. The van der Waals surface area contributed by atoms with Crippen LogP contribution < -0.4 is 0 Å². The fraction of sp³-hybridized carbons (Fsp3) is 0.208. The van der Waals surface area contributed by atoms with Gasteiger partial charge in [-0.25, -0.2) is 9.07 Å². The zero-order valence-corrected chi connectivity index (χ0v) is 31.2. The zero-order chi connectivity index (χ0) is 37.6. The van der Waals surface area contributed by atoms with Crippen molar-refractivity contribution in [2.45, 2.75) is 62.7 Å². The minimum Gasteiger partial charge on any atom is -0.420 e. The molecule has 5 heterocycles. The Balaban J connectivity index is 1.11. The Labute approximate surface area is 325 Å². The standard InChI is InChI=1S/C48H41FN6O/c1-32-29-33(27-28-50-32)45-41-30-34(46-51-52-47(56-46)40-24-22-39-23-26-43(40)54(39)31-35-13-11-12-20-42(35)49)21-25-44(41)55(53-45)48(36-14-5-2-6-15-36,37-16-7-3-8-17-37)38-18-9-4-10-19-38/h2-21,25,27-30,39-40,43H,22-24,26,31H2,1H3. The lowest BCUT2D eigenvalue weighted by molar-refractivity contribution is 0.102. The van der Waals surface area contributed by atoms with Crippen LogP contribution in [0.2, 0.25) is 0 Å². The van der Waals surface area contributed by atoms with Crippen LogP contribution in [-0.4, -0.2) is 41.9 Å². The van der Waals surface area contributed by atoms with Gasteiger partial charge < -0.3 is 4.42 Å². The van der Waals surface area contributed by atoms with E-state index in [0.717, 1.165) is 81.4 Å². The van der Waals surface area contributed by atoms with E-state index in [-0.39, 0.29) is 17.8 Å². The van der Waals surface area contributed by atoms with E-state index in [0.29, 0.717) is 24.4 Å². The van der Waals surface area contributed by atoms with Gasteiger partial charge in [0.15, 0.2) is 0 Å². The van der Waals surface area contributed by atoms with Gasteiger partial charge in [0, 0.05) is 52.6 Å². The van der Waals surface area contributed by atoms with Crippen LogP contribution >= 0.6 is 0 Å². The molecule has 276 valence electrons. The molecule has 0 N–H and O–H groups in total. The summed E-state index contributed by atoms with van der Waals surface area (Å²) >= 11 is 0.